The van der Waals surface area contributed by atoms with E-state index in [2.05, 4.69) is 14.7 Å². The molecule has 3 heterocycles. The van der Waals surface area contributed by atoms with E-state index in [0.29, 0.717) is 13.0 Å². The zero-order chi connectivity index (χ0) is 21.0. The maximum Gasteiger partial charge on any atom is 0.273 e. The molecule has 2 aromatic heterocycles. The minimum absolute atomic E-state index is 0.0623. The number of thiazole rings is 1. The molecule has 0 saturated carbocycles. The zero-order valence-corrected chi connectivity index (χ0v) is 17.9. The van der Waals surface area contributed by atoms with Crippen LogP contribution in [-0.4, -0.2) is 41.8 Å². The standard InChI is InChI=1S/C21H22N4O3S2/c26-20(25-13-7-5-9-17(25)14-16-8-4-6-12-22-16)19-15-29-21(23-19)24-30(27,28)18-10-2-1-3-11-18/h1-4,6,8,10-12,15,17H,5,7,9,13-14H2,(H,23,24). The largest absolute Gasteiger partial charge is 0.334 e. The van der Waals surface area contributed by atoms with Gasteiger partial charge in [0.05, 0.1) is 4.90 Å². The first-order valence-electron chi connectivity index (χ1n) is 9.77. The topological polar surface area (TPSA) is 92.3 Å². The highest BCUT2D eigenvalue weighted by Crippen LogP contribution is 2.25. The predicted octanol–water partition coefficient (Wildman–Crippen LogP) is 3.58. The van der Waals surface area contributed by atoms with E-state index < -0.39 is 10.0 Å². The molecule has 0 radical (unpaired) electrons. The summed E-state index contributed by atoms with van der Waals surface area (Å²) in [5, 5.41) is 1.79. The molecule has 1 aliphatic heterocycles. The van der Waals surface area contributed by atoms with Gasteiger partial charge < -0.3 is 4.90 Å². The summed E-state index contributed by atoms with van der Waals surface area (Å²) in [6, 6.07) is 13.9. The van der Waals surface area contributed by atoms with Crippen molar-refractivity contribution in [1.29, 1.82) is 0 Å². The Morgan fingerprint density at radius 3 is 2.70 bits per heavy atom. The Hall–Kier alpha value is -2.78. The highest BCUT2D eigenvalue weighted by atomic mass is 32.2. The maximum absolute atomic E-state index is 13.1. The number of aromatic nitrogens is 2. The van der Waals surface area contributed by atoms with Crippen molar-refractivity contribution >= 4 is 32.4 Å². The molecule has 0 spiro atoms. The monoisotopic (exact) mass is 442 g/mol. The molecule has 0 bridgehead atoms. The fourth-order valence-electron chi connectivity index (χ4n) is 3.58. The summed E-state index contributed by atoms with van der Waals surface area (Å²) in [7, 11) is -3.74. The van der Waals surface area contributed by atoms with Crippen LogP contribution in [0.2, 0.25) is 0 Å². The first-order valence-corrected chi connectivity index (χ1v) is 12.1. The third kappa shape index (κ3) is 4.68. The van der Waals surface area contributed by atoms with Crippen LogP contribution in [-0.2, 0) is 16.4 Å². The molecule has 1 aliphatic rings. The number of sulfonamides is 1. The number of nitrogens with zero attached hydrogens (tertiary/aromatic N) is 3. The van der Waals surface area contributed by atoms with Crippen LogP contribution in [0, 0.1) is 0 Å². The van der Waals surface area contributed by atoms with Gasteiger partial charge in [0.2, 0.25) is 0 Å². The lowest BCUT2D eigenvalue weighted by molar-refractivity contribution is 0.0607. The van der Waals surface area contributed by atoms with E-state index >= 15 is 0 Å². The molecule has 7 nitrogen and oxygen atoms in total. The van der Waals surface area contributed by atoms with Gasteiger partial charge in [-0.2, -0.15) is 0 Å². The van der Waals surface area contributed by atoms with Gasteiger partial charge in [0.15, 0.2) is 5.13 Å². The fourth-order valence-corrected chi connectivity index (χ4v) is 5.54. The predicted molar refractivity (Wildman–Crippen MR) is 116 cm³/mol. The summed E-state index contributed by atoms with van der Waals surface area (Å²) in [5.41, 5.74) is 1.22. The van der Waals surface area contributed by atoms with E-state index in [1.807, 2.05) is 23.1 Å². The Kier molecular flexibility index (Phi) is 6.10. The van der Waals surface area contributed by atoms with Crippen LogP contribution in [0.1, 0.15) is 35.4 Å². The van der Waals surface area contributed by atoms with Gasteiger partial charge in [-0.05, 0) is 43.5 Å². The van der Waals surface area contributed by atoms with Crippen LogP contribution in [0.15, 0.2) is 65.0 Å². The van der Waals surface area contributed by atoms with Gasteiger partial charge in [-0.1, -0.05) is 24.3 Å². The number of piperidine rings is 1. The average Bonchev–Trinajstić information content (AvgIpc) is 3.23. The number of amides is 1. The third-order valence-corrected chi connectivity index (χ3v) is 7.30. The van der Waals surface area contributed by atoms with Gasteiger partial charge in [-0.25, -0.2) is 13.4 Å². The second-order valence-corrected chi connectivity index (χ2v) is 9.67. The van der Waals surface area contributed by atoms with E-state index in [1.165, 1.54) is 12.1 Å². The number of carbonyl (C=O) groups is 1. The number of hydrogen-bond acceptors (Lipinski definition) is 6. The van der Waals surface area contributed by atoms with Gasteiger partial charge in [0.1, 0.15) is 5.69 Å². The number of carbonyl (C=O) groups excluding carboxylic acids is 1. The summed E-state index contributed by atoms with van der Waals surface area (Å²) in [4.78, 5) is 23.8. The second kappa shape index (κ2) is 8.93. The van der Waals surface area contributed by atoms with E-state index in [9.17, 15) is 13.2 Å². The van der Waals surface area contributed by atoms with Crippen LogP contribution < -0.4 is 4.72 Å². The van der Waals surface area contributed by atoms with Gasteiger partial charge >= 0.3 is 0 Å². The van der Waals surface area contributed by atoms with Gasteiger partial charge in [-0.15, -0.1) is 11.3 Å². The molecule has 1 atom stereocenters. The number of anilines is 1. The fraction of sp³-hybridized carbons (Fsp3) is 0.286. The molecule has 30 heavy (non-hydrogen) atoms. The highest BCUT2D eigenvalue weighted by Gasteiger charge is 2.29. The van der Waals surface area contributed by atoms with Gasteiger partial charge in [0.25, 0.3) is 15.9 Å². The highest BCUT2D eigenvalue weighted by molar-refractivity contribution is 7.93. The van der Waals surface area contributed by atoms with Crippen molar-refractivity contribution < 1.29 is 13.2 Å². The molecular weight excluding hydrogens is 420 g/mol. The number of likely N-dealkylation sites (tertiary alicyclic amines) is 1. The van der Waals surface area contributed by atoms with Crippen molar-refractivity contribution in [3.63, 3.8) is 0 Å². The SMILES string of the molecule is O=C(c1csc(NS(=O)(=O)c2ccccc2)n1)N1CCCCC1Cc1ccccn1. The number of pyridine rings is 1. The lowest BCUT2D eigenvalue weighted by Gasteiger charge is -2.35. The van der Waals surface area contributed by atoms with Crippen molar-refractivity contribution in [3.8, 4) is 0 Å². The number of benzene rings is 1. The molecule has 1 amide bonds. The third-order valence-electron chi connectivity index (χ3n) is 5.06. The van der Waals surface area contributed by atoms with Crippen LogP contribution in [0.3, 0.4) is 0 Å². The normalized spacial score (nSPS) is 16.9. The Labute approximate surface area is 179 Å². The Morgan fingerprint density at radius 1 is 1.13 bits per heavy atom. The smallest absolute Gasteiger partial charge is 0.273 e. The summed E-state index contributed by atoms with van der Waals surface area (Å²) in [6.07, 6.45) is 5.39. The molecule has 1 aromatic carbocycles. The number of rotatable bonds is 6. The molecule has 1 fully saturated rings. The Morgan fingerprint density at radius 2 is 1.93 bits per heavy atom. The molecule has 3 aromatic rings. The Balaban J connectivity index is 1.48. The summed E-state index contributed by atoms with van der Waals surface area (Å²) in [6.45, 7) is 0.666. The first-order chi connectivity index (χ1) is 14.5. The van der Waals surface area contributed by atoms with Crippen molar-refractivity contribution in [1.82, 2.24) is 14.9 Å². The lowest BCUT2D eigenvalue weighted by Crippen LogP contribution is -2.45. The van der Waals surface area contributed by atoms with E-state index in [4.69, 9.17) is 0 Å². The minimum atomic E-state index is -3.74. The number of nitrogens with one attached hydrogen (secondary N) is 1. The minimum Gasteiger partial charge on any atom is -0.334 e. The molecule has 9 heteroatoms. The summed E-state index contributed by atoms with van der Waals surface area (Å²) >= 11 is 1.11. The van der Waals surface area contributed by atoms with Crippen LogP contribution in [0.25, 0.3) is 0 Å². The van der Waals surface area contributed by atoms with Crippen LogP contribution in [0.5, 0.6) is 0 Å². The first kappa shape index (κ1) is 20.5. The summed E-state index contributed by atoms with van der Waals surface area (Å²) < 4.78 is 27.4. The molecule has 0 aliphatic carbocycles. The average molecular weight is 443 g/mol. The molecule has 1 saturated heterocycles. The maximum atomic E-state index is 13.1. The molecule has 1 unspecified atom stereocenters. The van der Waals surface area contributed by atoms with Crippen molar-refractivity contribution in [2.75, 3.05) is 11.3 Å². The summed E-state index contributed by atoms with van der Waals surface area (Å²) in [5.74, 6) is -0.169. The molecule has 156 valence electrons. The van der Waals surface area contributed by atoms with E-state index in [1.54, 1.807) is 29.8 Å². The van der Waals surface area contributed by atoms with Gasteiger partial charge in [-0.3, -0.25) is 14.5 Å². The van der Waals surface area contributed by atoms with Crippen LogP contribution >= 0.6 is 11.3 Å². The van der Waals surface area contributed by atoms with Crippen molar-refractivity contribution in [3.05, 3.63) is 71.5 Å². The zero-order valence-electron chi connectivity index (χ0n) is 16.3. The molecule has 4 rings (SSSR count). The molecular formula is C21H22N4O3S2. The van der Waals surface area contributed by atoms with Crippen LogP contribution in [0.4, 0.5) is 5.13 Å². The molecule has 1 N–H and O–H groups in total. The lowest BCUT2D eigenvalue weighted by atomic mass is 9.97. The van der Waals surface area contributed by atoms with Gasteiger partial charge in [0, 0.05) is 36.3 Å². The second-order valence-electron chi connectivity index (χ2n) is 7.13. The van der Waals surface area contributed by atoms with Crippen molar-refractivity contribution in [2.24, 2.45) is 0 Å². The Bertz CT molecular complexity index is 1100. The van der Waals surface area contributed by atoms with Crippen molar-refractivity contribution in [2.45, 2.75) is 36.6 Å². The number of hydrogen-bond donors (Lipinski definition) is 1. The van der Waals surface area contributed by atoms with E-state index in [-0.39, 0.29) is 27.7 Å². The van der Waals surface area contributed by atoms with E-state index in [0.717, 1.165) is 36.3 Å². The quantitative estimate of drug-likeness (QED) is 0.630.